The van der Waals surface area contributed by atoms with Gasteiger partial charge in [0.05, 0.1) is 0 Å². The van der Waals surface area contributed by atoms with Gasteiger partial charge in [0.1, 0.15) is 11.6 Å². The normalized spacial score (nSPS) is 20.9. The minimum atomic E-state index is -0.388. The van der Waals surface area contributed by atoms with Crippen LogP contribution in [-0.4, -0.2) is 31.6 Å². The van der Waals surface area contributed by atoms with Crippen molar-refractivity contribution in [2.45, 2.75) is 32.7 Å². The van der Waals surface area contributed by atoms with E-state index >= 15 is 0 Å². The highest BCUT2D eigenvalue weighted by Gasteiger charge is 2.29. The second-order valence-corrected chi connectivity index (χ2v) is 6.38. The van der Waals surface area contributed by atoms with Gasteiger partial charge >= 0.3 is 0 Å². The molecular formula is C16H24F2N2. The zero-order chi connectivity index (χ0) is 14.8. The van der Waals surface area contributed by atoms with E-state index in [2.05, 4.69) is 24.2 Å². The quantitative estimate of drug-likeness (QED) is 0.911. The van der Waals surface area contributed by atoms with E-state index in [1.807, 2.05) is 6.92 Å². The summed E-state index contributed by atoms with van der Waals surface area (Å²) < 4.78 is 26.9. The van der Waals surface area contributed by atoms with Gasteiger partial charge in [0.25, 0.3) is 0 Å². The lowest BCUT2D eigenvalue weighted by Crippen LogP contribution is -2.42. The van der Waals surface area contributed by atoms with Crippen molar-refractivity contribution in [1.29, 1.82) is 0 Å². The van der Waals surface area contributed by atoms with E-state index in [1.165, 1.54) is 12.1 Å². The van der Waals surface area contributed by atoms with Crippen molar-refractivity contribution in [1.82, 2.24) is 10.2 Å². The average Bonchev–Trinajstić information content (AvgIpc) is 2.43. The smallest absolute Gasteiger partial charge is 0.128 e. The molecule has 112 valence electrons. The van der Waals surface area contributed by atoms with Gasteiger partial charge in [-0.15, -0.1) is 0 Å². The first-order valence-electron chi connectivity index (χ1n) is 7.26. The second kappa shape index (κ2) is 6.19. The number of likely N-dealkylation sites (tertiary alicyclic amines) is 1. The van der Waals surface area contributed by atoms with Crippen LogP contribution >= 0.6 is 0 Å². The third-order valence-electron chi connectivity index (χ3n) is 4.45. The largest absolute Gasteiger partial charge is 0.310 e. The molecule has 1 aliphatic rings. The molecule has 2 rings (SSSR count). The van der Waals surface area contributed by atoms with Crippen LogP contribution in [0.3, 0.4) is 0 Å². The summed E-state index contributed by atoms with van der Waals surface area (Å²) in [7, 11) is 2.14. The summed E-state index contributed by atoms with van der Waals surface area (Å²) in [6.45, 7) is 7.18. The molecule has 1 heterocycles. The number of nitrogens with zero attached hydrogens (tertiary/aromatic N) is 1. The molecular weight excluding hydrogens is 258 g/mol. The van der Waals surface area contributed by atoms with E-state index in [1.54, 1.807) is 0 Å². The number of benzene rings is 1. The summed E-state index contributed by atoms with van der Waals surface area (Å²) in [5.74, 6) is -0.736. The van der Waals surface area contributed by atoms with Crippen molar-refractivity contribution in [3.63, 3.8) is 0 Å². The predicted molar refractivity (Wildman–Crippen MR) is 77.6 cm³/mol. The first kappa shape index (κ1) is 15.4. The number of nitrogens with one attached hydrogen (secondary N) is 1. The van der Waals surface area contributed by atoms with Crippen molar-refractivity contribution in [2.24, 2.45) is 5.41 Å². The van der Waals surface area contributed by atoms with Crippen LogP contribution in [0.25, 0.3) is 0 Å². The molecule has 1 aromatic rings. The molecule has 0 radical (unpaired) electrons. The van der Waals surface area contributed by atoms with Gasteiger partial charge in [0.2, 0.25) is 0 Å². The van der Waals surface area contributed by atoms with Crippen molar-refractivity contribution >= 4 is 0 Å². The number of rotatable bonds is 4. The standard InChI is InChI=1S/C16H24F2N2/c1-12(14-10-13(17)4-5-15(14)18)19-11-16(2)6-8-20(3)9-7-16/h4-5,10,12,19H,6-9,11H2,1-3H3. The van der Waals surface area contributed by atoms with Gasteiger partial charge in [-0.05, 0) is 63.5 Å². The van der Waals surface area contributed by atoms with Crippen LogP contribution in [-0.2, 0) is 0 Å². The fraction of sp³-hybridized carbons (Fsp3) is 0.625. The Kier molecular flexibility index (Phi) is 4.76. The SMILES string of the molecule is CC(NCC1(C)CCN(C)CC1)c1cc(F)ccc1F. The molecule has 1 unspecified atom stereocenters. The van der Waals surface area contributed by atoms with E-state index in [9.17, 15) is 8.78 Å². The van der Waals surface area contributed by atoms with Crippen molar-refractivity contribution in [3.05, 3.63) is 35.4 Å². The van der Waals surface area contributed by atoms with Crippen molar-refractivity contribution in [3.8, 4) is 0 Å². The maximum Gasteiger partial charge on any atom is 0.128 e. The summed E-state index contributed by atoms with van der Waals surface area (Å²) in [5.41, 5.74) is 0.645. The molecule has 0 spiro atoms. The van der Waals surface area contributed by atoms with Gasteiger partial charge in [-0.2, -0.15) is 0 Å². The first-order valence-corrected chi connectivity index (χ1v) is 7.26. The van der Waals surface area contributed by atoms with Gasteiger partial charge in [-0.3, -0.25) is 0 Å². The lowest BCUT2D eigenvalue weighted by atomic mass is 9.80. The molecule has 0 saturated carbocycles. The third kappa shape index (κ3) is 3.76. The molecule has 1 saturated heterocycles. The zero-order valence-electron chi connectivity index (χ0n) is 12.5. The monoisotopic (exact) mass is 282 g/mol. The van der Waals surface area contributed by atoms with Crippen LogP contribution in [0, 0.1) is 17.0 Å². The van der Waals surface area contributed by atoms with Crippen LogP contribution in [0.4, 0.5) is 8.78 Å². The lowest BCUT2D eigenvalue weighted by Gasteiger charge is -2.38. The molecule has 1 aliphatic heterocycles. The van der Waals surface area contributed by atoms with Gasteiger partial charge in [0, 0.05) is 18.2 Å². The Hall–Kier alpha value is -1.00. The summed E-state index contributed by atoms with van der Waals surface area (Å²) in [6, 6.07) is 3.45. The Morgan fingerprint density at radius 2 is 1.95 bits per heavy atom. The predicted octanol–water partition coefficient (Wildman–Crippen LogP) is 3.35. The van der Waals surface area contributed by atoms with E-state index in [4.69, 9.17) is 0 Å². The van der Waals surface area contributed by atoms with Crippen molar-refractivity contribution < 1.29 is 8.78 Å². The summed E-state index contributed by atoms with van der Waals surface area (Å²) >= 11 is 0. The highest BCUT2D eigenvalue weighted by molar-refractivity contribution is 5.21. The van der Waals surface area contributed by atoms with Crippen LogP contribution < -0.4 is 5.32 Å². The van der Waals surface area contributed by atoms with Crippen LogP contribution in [0.2, 0.25) is 0 Å². The molecule has 0 aromatic heterocycles. The topological polar surface area (TPSA) is 15.3 Å². The van der Waals surface area contributed by atoms with Crippen molar-refractivity contribution in [2.75, 3.05) is 26.7 Å². The molecule has 20 heavy (non-hydrogen) atoms. The van der Waals surface area contributed by atoms with Gasteiger partial charge in [0.15, 0.2) is 0 Å². The number of hydrogen-bond acceptors (Lipinski definition) is 2. The molecule has 1 atom stereocenters. The summed E-state index contributed by atoms with van der Waals surface area (Å²) in [6.07, 6.45) is 2.27. The number of hydrogen-bond donors (Lipinski definition) is 1. The fourth-order valence-electron chi connectivity index (χ4n) is 2.69. The fourth-order valence-corrected chi connectivity index (χ4v) is 2.69. The minimum Gasteiger partial charge on any atom is -0.310 e. The van der Waals surface area contributed by atoms with E-state index < -0.39 is 0 Å². The van der Waals surface area contributed by atoms with Crippen LogP contribution in [0.5, 0.6) is 0 Å². The minimum absolute atomic E-state index is 0.179. The first-order chi connectivity index (χ1) is 9.39. The number of halogens is 2. The Balaban J connectivity index is 1.95. The maximum atomic E-state index is 13.7. The van der Waals surface area contributed by atoms with E-state index in [-0.39, 0.29) is 23.1 Å². The highest BCUT2D eigenvalue weighted by Crippen LogP contribution is 2.30. The summed E-state index contributed by atoms with van der Waals surface area (Å²) in [5, 5.41) is 3.37. The van der Waals surface area contributed by atoms with Crippen LogP contribution in [0.1, 0.15) is 38.3 Å². The third-order valence-corrected chi connectivity index (χ3v) is 4.45. The average molecular weight is 282 g/mol. The zero-order valence-corrected chi connectivity index (χ0v) is 12.5. The van der Waals surface area contributed by atoms with Gasteiger partial charge in [-0.25, -0.2) is 8.78 Å². The second-order valence-electron chi connectivity index (χ2n) is 6.38. The highest BCUT2D eigenvalue weighted by atomic mass is 19.1. The molecule has 1 N–H and O–H groups in total. The van der Waals surface area contributed by atoms with E-state index in [0.717, 1.165) is 38.5 Å². The molecule has 1 fully saturated rings. The molecule has 2 nitrogen and oxygen atoms in total. The number of piperidine rings is 1. The Morgan fingerprint density at radius 1 is 1.30 bits per heavy atom. The molecule has 1 aromatic carbocycles. The molecule has 0 amide bonds. The van der Waals surface area contributed by atoms with Crippen LogP contribution in [0.15, 0.2) is 18.2 Å². The lowest BCUT2D eigenvalue weighted by molar-refractivity contribution is 0.134. The van der Waals surface area contributed by atoms with E-state index in [0.29, 0.717) is 5.56 Å². The maximum absolute atomic E-state index is 13.7. The molecule has 0 aliphatic carbocycles. The van der Waals surface area contributed by atoms with Gasteiger partial charge < -0.3 is 10.2 Å². The Bertz CT molecular complexity index is 454. The Morgan fingerprint density at radius 3 is 2.60 bits per heavy atom. The Labute approximate surface area is 120 Å². The molecule has 4 heteroatoms. The summed E-state index contributed by atoms with van der Waals surface area (Å²) in [4.78, 5) is 2.33. The van der Waals surface area contributed by atoms with Gasteiger partial charge in [-0.1, -0.05) is 6.92 Å². The molecule has 0 bridgehead atoms.